The van der Waals surface area contributed by atoms with Crippen molar-refractivity contribution in [1.82, 2.24) is 30.0 Å². The first kappa shape index (κ1) is 45.3. The minimum atomic E-state index is -2.54. The maximum atomic E-state index is 12.9. The minimum Gasteiger partial charge on any atom is -0.494 e. The average Bonchev–Trinajstić information content (AvgIpc) is 3.68. The number of hydrogen-bond donors (Lipinski definition) is 3. The summed E-state index contributed by atoms with van der Waals surface area (Å²) in [6.45, 7) is 11.5. The van der Waals surface area contributed by atoms with Crippen LogP contribution in [-0.2, 0) is 31.9 Å². The molecule has 4 aromatic rings. The number of piperazine rings is 1. The van der Waals surface area contributed by atoms with E-state index in [0.717, 1.165) is 106 Å². The fourth-order valence-electron chi connectivity index (χ4n) is 9.68. The lowest BCUT2D eigenvalue weighted by molar-refractivity contribution is -0.136. The Morgan fingerprint density at radius 2 is 1.69 bits per heavy atom. The van der Waals surface area contributed by atoms with Crippen LogP contribution in [-0.4, -0.2) is 121 Å². The molecule has 1 unspecified atom stereocenters. The molecule has 3 saturated heterocycles. The maximum Gasteiger partial charge on any atom is 0.249 e. The van der Waals surface area contributed by atoms with Gasteiger partial charge in [0, 0.05) is 80.9 Å². The highest BCUT2D eigenvalue weighted by molar-refractivity contribution is 7.70. The van der Waals surface area contributed by atoms with Crippen molar-refractivity contribution in [2.75, 3.05) is 81.8 Å². The molecule has 64 heavy (non-hydrogen) atoms. The number of aryl methyl sites for hydroxylation is 1. The molecule has 16 heteroatoms. The second-order valence-electron chi connectivity index (χ2n) is 17.6. The van der Waals surface area contributed by atoms with Crippen molar-refractivity contribution in [2.45, 2.75) is 76.4 Å². The van der Waals surface area contributed by atoms with Crippen molar-refractivity contribution in [2.24, 2.45) is 0 Å². The van der Waals surface area contributed by atoms with E-state index in [1.54, 1.807) is 26.6 Å². The molecule has 3 N–H and O–H groups in total. The Bertz CT molecular complexity index is 2440. The molecule has 14 nitrogen and oxygen atoms in total. The van der Waals surface area contributed by atoms with Crippen molar-refractivity contribution in [3.8, 4) is 5.75 Å². The third-order valence-electron chi connectivity index (χ3n) is 13.2. The lowest BCUT2D eigenvalue weighted by Gasteiger charge is -2.43. The highest BCUT2D eigenvalue weighted by Crippen LogP contribution is 2.40. The van der Waals surface area contributed by atoms with Crippen LogP contribution in [0.25, 0.3) is 5.70 Å². The van der Waals surface area contributed by atoms with Crippen molar-refractivity contribution >= 4 is 76.3 Å². The Balaban J connectivity index is 0.751. The predicted octanol–water partition coefficient (Wildman–Crippen LogP) is 7.06. The number of amides is 2. The molecule has 0 spiro atoms. The number of methoxy groups -OCH3 is 1. The Hall–Kier alpha value is -5.23. The zero-order valence-electron chi connectivity index (χ0n) is 37.1. The number of rotatable bonds is 16. The summed E-state index contributed by atoms with van der Waals surface area (Å²) in [5, 5.41) is 10.1. The largest absolute Gasteiger partial charge is 0.494 e. The first-order valence-electron chi connectivity index (χ1n) is 22.6. The molecule has 3 fully saturated rings. The van der Waals surface area contributed by atoms with E-state index in [0.29, 0.717) is 52.9 Å². The van der Waals surface area contributed by atoms with Crippen LogP contribution >= 0.6 is 18.7 Å². The van der Waals surface area contributed by atoms with E-state index >= 15 is 0 Å². The predicted molar refractivity (Wildman–Crippen MR) is 255 cm³/mol. The summed E-state index contributed by atoms with van der Waals surface area (Å²) in [6.07, 6.45) is 10.0. The molecular formula is C48H59ClN9O5P. The molecule has 0 aliphatic carbocycles. The van der Waals surface area contributed by atoms with Gasteiger partial charge in [0.1, 0.15) is 29.7 Å². The summed E-state index contributed by atoms with van der Waals surface area (Å²) >= 11 is 6.49. The van der Waals surface area contributed by atoms with E-state index in [4.69, 9.17) is 16.3 Å². The Kier molecular flexibility index (Phi) is 14.4. The van der Waals surface area contributed by atoms with Gasteiger partial charge in [-0.3, -0.25) is 19.8 Å². The first-order valence-corrected chi connectivity index (χ1v) is 25.5. The molecule has 4 aliphatic heterocycles. The van der Waals surface area contributed by atoms with E-state index in [2.05, 4.69) is 64.8 Å². The number of fused-ring (bicyclic) bond motifs is 1. The topological polar surface area (TPSA) is 152 Å². The number of anilines is 5. The molecular weight excluding hydrogens is 849 g/mol. The molecule has 1 atom stereocenters. The Labute approximate surface area is 381 Å². The maximum absolute atomic E-state index is 12.9. The fourth-order valence-corrected chi connectivity index (χ4v) is 11.0. The van der Waals surface area contributed by atoms with Gasteiger partial charge < -0.3 is 34.6 Å². The number of carbonyl (C=O) groups excluding carboxylic acids is 3. The molecule has 8 rings (SSSR count). The van der Waals surface area contributed by atoms with Gasteiger partial charge in [0.25, 0.3) is 0 Å². The summed E-state index contributed by atoms with van der Waals surface area (Å²) in [4.78, 5) is 55.0. The van der Waals surface area contributed by atoms with Crippen LogP contribution in [0.1, 0.15) is 68.1 Å². The van der Waals surface area contributed by atoms with E-state index in [9.17, 15) is 18.9 Å². The molecule has 0 saturated carbocycles. The number of para-hydroxylation sites is 1. The summed E-state index contributed by atoms with van der Waals surface area (Å²) in [5.41, 5.74) is 6.19. The number of nitrogens with zero attached hydrogens (tertiary/aromatic N) is 6. The van der Waals surface area contributed by atoms with Gasteiger partial charge in [0.2, 0.25) is 17.8 Å². The van der Waals surface area contributed by atoms with Gasteiger partial charge in [-0.1, -0.05) is 54.8 Å². The summed E-state index contributed by atoms with van der Waals surface area (Å²) < 4.78 is 18.8. The van der Waals surface area contributed by atoms with Crippen molar-refractivity contribution in [3.05, 3.63) is 88.6 Å². The number of aromatic nitrogens is 2. The number of halogens is 1. The van der Waals surface area contributed by atoms with Crippen LogP contribution in [0, 0.1) is 0 Å². The number of nitrogens with one attached hydrogen (secondary N) is 3. The average molecular weight is 908 g/mol. The molecule has 338 valence electrons. The van der Waals surface area contributed by atoms with Crippen LogP contribution in [0.15, 0.2) is 66.9 Å². The normalized spacial score (nSPS) is 18.8. The molecule has 2 amide bonds. The number of hydrogen-bond acceptors (Lipinski definition) is 13. The second kappa shape index (κ2) is 20.3. The van der Waals surface area contributed by atoms with Gasteiger partial charge in [0.15, 0.2) is 11.8 Å². The monoisotopic (exact) mass is 907 g/mol. The summed E-state index contributed by atoms with van der Waals surface area (Å²) in [5.74, 6) is 2.96. The molecule has 4 aliphatic rings. The third kappa shape index (κ3) is 10.5. The number of carbonyl (C=O) groups is 2. The zero-order chi connectivity index (χ0) is 44.8. The van der Waals surface area contributed by atoms with E-state index in [1.807, 2.05) is 47.4 Å². The molecule has 0 radical (unpaired) electrons. The molecule has 0 bridgehead atoms. The van der Waals surface area contributed by atoms with E-state index < -0.39 is 13.2 Å². The molecule has 1 aromatic heterocycles. The summed E-state index contributed by atoms with van der Waals surface area (Å²) in [7, 11) is -0.877. The smallest absolute Gasteiger partial charge is 0.249 e. The number of imide groups is 1. The van der Waals surface area contributed by atoms with Crippen LogP contribution in [0.2, 0.25) is 5.02 Å². The van der Waals surface area contributed by atoms with E-state index in [1.165, 1.54) is 18.4 Å². The van der Waals surface area contributed by atoms with Gasteiger partial charge >= 0.3 is 0 Å². The van der Waals surface area contributed by atoms with Crippen molar-refractivity contribution in [3.63, 3.8) is 0 Å². The van der Waals surface area contributed by atoms with Crippen LogP contribution in [0.4, 0.5) is 28.8 Å². The van der Waals surface area contributed by atoms with Gasteiger partial charge in [-0.2, -0.15) is 4.98 Å². The molecule has 5 heterocycles. The number of benzene rings is 3. The highest BCUT2D eigenvalue weighted by Gasteiger charge is 2.38. The summed E-state index contributed by atoms with van der Waals surface area (Å²) in [6, 6.07) is 19.8. The Morgan fingerprint density at radius 3 is 2.44 bits per heavy atom. The highest BCUT2D eigenvalue weighted by atomic mass is 35.5. The standard InChI is InChI=1S/C48H59ClN9O5P/c1-63-43-29-35(16-17-39(43)52-48-50-30-38(49)46(54-48)51-40-14-7-8-15-44(40)64(2,3)62)56-23-20-34(21-24-56)57-27-25-55(26-28-57)22-9-5-4-6-11-33-12-10-13-36-37(33)31-58(42(36)32-59)41-18-19-45(60)53-47(41)61/h7-8,10,12-17,29-30,34,41H,4-6,9,11,18-28,31H2,1-3H3,(H,53,60,61)(H2,50,51,52,54). The minimum absolute atomic E-state index is 0.258. The quantitative estimate of drug-likeness (QED) is 0.0456. The Morgan fingerprint density at radius 1 is 0.906 bits per heavy atom. The molecule has 3 aromatic carbocycles. The van der Waals surface area contributed by atoms with E-state index in [-0.39, 0.29) is 18.2 Å². The SMILES string of the molecule is COc1cc(N2CCC(N3CCN(CCCCCCc4cccc5c4CN(C4CCC(=O)NC4=O)C5=C=O)CC3)CC2)ccc1Nc1ncc(Cl)c(Nc2ccccc2P(C)(C)=O)n1. The zero-order valence-corrected chi connectivity index (χ0v) is 38.7. The van der Waals surface area contributed by atoms with Gasteiger partial charge in [-0.25, -0.2) is 9.78 Å². The van der Waals surface area contributed by atoms with Gasteiger partial charge in [-0.05, 0) is 93.8 Å². The third-order valence-corrected chi connectivity index (χ3v) is 15.0. The van der Waals surface area contributed by atoms with Gasteiger partial charge in [-0.15, -0.1) is 0 Å². The van der Waals surface area contributed by atoms with Gasteiger partial charge in [0.05, 0.1) is 24.7 Å². The lowest BCUT2D eigenvalue weighted by Crippen LogP contribution is -2.53. The first-order chi connectivity index (χ1) is 31.0. The van der Waals surface area contributed by atoms with Crippen molar-refractivity contribution < 1.29 is 23.7 Å². The number of piperidine rings is 2. The lowest BCUT2D eigenvalue weighted by atomic mass is 9.97. The second-order valence-corrected chi connectivity index (χ2v) is 21.2. The van der Waals surface area contributed by atoms with Crippen LogP contribution in [0.5, 0.6) is 5.75 Å². The number of ether oxygens (including phenoxy) is 1. The fraction of sp³-hybridized carbons (Fsp3) is 0.458. The van der Waals surface area contributed by atoms with Crippen molar-refractivity contribution in [1.29, 1.82) is 0 Å². The van der Waals surface area contributed by atoms with Crippen LogP contribution in [0.3, 0.4) is 0 Å². The number of unbranched alkanes of at least 4 members (excludes halogenated alkanes) is 3. The van der Waals surface area contributed by atoms with Crippen LogP contribution < -0.4 is 30.9 Å².